The Morgan fingerprint density at radius 2 is 1.65 bits per heavy atom. The van der Waals surface area contributed by atoms with Gasteiger partial charge in [-0.25, -0.2) is 5.01 Å². The highest BCUT2D eigenvalue weighted by Crippen LogP contribution is 2.50. The molecule has 136 valence electrons. The normalized spacial score (nSPS) is 22.6. The van der Waals surface area contributed by atoms with Crippen molar-refractivity contribution in [3.63, 3.8) is 0 Å². The molecule has 1 saturated heterocycles. The first-order chi connectivity index (χ1) is 12.3. The molecule has 0 aliphatic carbocycles. The average Bonchev–Trinajstić information content (AvgIpc) is 3.33. The molecule has 26 heavy (non-hydrogen) atoms. The van der Waals surface area contributed by atoms with Crippen LogP contribution in [0.15, 0.2) is 48.5 Å². The molecule has 0 saturated carbocycles. The quantitative estimate of drug-likeness (QED) is 0.639. The van der Waals surface area contributed by atoms with Crippen LogP contribution in [0.25, 0.3) is 10.9 Å². The zero-order valence-corrected chi connectivity index (χ0v) is 16.2. The van der Waals surface area contributed by atoms with Crippen LogP contribution in [-0.4, -0.2) is 23.1 Å². The van der Waals surface area contributed by atoms with E-state index in [4.69, 9.17) is 0 Å². The zero-order valence-electron chi connectivity index (χ0n) is 15.4. The second kappa shape index (κ2) is 6.64. The summed E-state index contributed by atoms with van der Waals surface area (Å²) in [6, 6.07) is 18.0. The van der Waals surface area contributed by atoms with E-state index in [0.717, 1.165) is 13.1 Å². The highest BCUT2D eigenvalue weighted by Gasteiger charge is 2.41. The minimum Gasteiger partial charge on any atom is -0.356 e. The zero-order chi connectivity index (χ0) is 17.0. The minimum atomic E-state index is 0. The molecule has 0 radical (unpaired) electrons. The number of nitrogens with one attached hydrogen (secondary N) is 1. The van der Waals surface area contributed by atoms with Gasteiger partial charge in [0.1, 0.15) is 0 Å². The molecule has 1 fully saturated rings. The number of nitrogens with zero attached hydrogens (tertiary/aromatic N) is 2. The van der Waals surface area contributed by atoms with Crippen LogP contribution in [0.5, 0.6) is 0 Å². The maximum absolute atomic E-state index is 3.76. The molecule has 4 heteroatoms. The second-order valence-corrected chi connectivity index (χ2v) is 7.51. The van der Waals surface area contributed by atoms with E-state index in [0.29, 0.717) is 12.0 Å². The summed E-state index contributed by atoms with van der Waals surface area (Å²) < 4.78 is 0. The van der Waals surface area contributed by atoms with Gasteiger partial charge < -0.3 is 4.98 Å². The van der Waals surface area contributed by atoms with E-state index >= 15 is 0 Å². The number of H-pyrrole nitrogens is 1. The summed E-state index contributed by atoms with van der Waals surface area (Å²) in [6.07, 6.45) is 2.59. The maximum atomic E-state index is 3.76. The summed E-state index contributed by atoms with van der Waals surface area (Å²) in [5.41, 5.74) is 6.87. The van der Waals surface area contributed by atoms with Gasteiger partial charge >= 0.3 is 0 Å². The van der Waals surface area contributed by atoms with E-state index in [1.54, 1.807) is 0 Å². The van der Waals surface area contributed by atoms with Crippen molar-refractivity contribution in [1.29, 1.82) is 0 Å². The molecule has 3 heterocycles. The van der Waals surface area contributed by atoms with Crippen molar-refractivity contribution >= 4 is 29.0 Å². The third-order valence-electron chi connectivity index (χ3n) is 6.10. The van der Waals surface area contributed by atoms with E-state index in [-0.39, 0.29) is 12.4 Å². The van der Waals surface area contributed by atoms with Crippen LogP contribution < -0.4 is 5.01 Å². The van der Waals surface area contributed by atoms with E-state index in [9.17, 15) is 0 Å². The van der Waals surface area contributed by atoms with Crippen molar-refractivity contribution in [1.82, 2.24) is 9.99 Å². The Hall–Kier alpha value is -1.97. The first-order valence-corrected chi connectivity index (χ1v) is 9.46. The summed E-state index contributed by atoms with van der Waals surface area (Å²) >= 11 is 0. The van der Waals surface area contributed by atoms with E-state index in [2.05, 4.69) is 77.4 Å². The Kier molecular flexibility index (Phi) is 4.45. The number of hydrogen-bond acceptors (Lipinski definition) is 2. The van der Waals surface area contributed by atoms with Crippen LogP contribution in [-0.2, 0) is 0 Å². The van der Waals surface area contributed by atoms with Crippen LogP contribution >= 0.6 is 12.4 Å². The van der Waals surface area contributed by atoms with Gasteiger partial charge in [-0.1, -0.05) is 43.3 Å². The number of halogens is 1. The number of hydrazine groups is 1. The number of aromatic amines is 1. The van der Waals surface area contributed by atoms with Crippen molar-refractivity contribution < 1.29 is 0 Å². The molecule has 1 N–H and O–H groups in total. The van der Waals surface area contributed by atoms with Gasteiger partial charge in [0.2, 0.25) is 0 Å². The predicted octanol–water partition coefficient (Wildman–Crippen LogP) is 5.57. The van der Waals surface area contributed by atoms with Gasteiger partial charge in [0, 0.05) is 35.6 Å². The van der Waals surface area contributed by atoms with Gasteiger partial charge in [0.15, 0.2) is 0 Å². The number of rotatable bonds is 2. The fraction of sp³-hybridized carbons (Fsp3) is 0.364. The Morgan fingerprint density at radius 1 is 0.962 bits per heavy atom. The van der Waals surface area contributed by atoms with Gasteiger partial charge in [0.25, 0.3) is 0 Å². The third kappa shape index (κ3) is 2.45. The second-order valence-electron chi connectivity index (χ2n) is 7.51. The van der Waals surface area contributed by atoms with Gasteiger partial charge in [-0.3, -0.25) is 5.01 Å². The molecule has 2 aliphatic heterocycles. The monoisotopic (exact) mass is 367 g/mol. The summed E-state index contributed by atoms with van der Waals surface area (Å²) in [5.74, 6) is 0.476. The summed E-state index contributed by atoms with van der Waals surface area (Å²) in [4.78, 5) is 3.76. The Morgan fingerprint density at radius 3 is 2.42 bits per heavy atom. The highest BCUT2D eigenvalue weighted by molar-refractivity contribution is 5.85. The van der Waals surface area contributed by atoms with E-state index < -0.39 is 0 Å². The molecule has 5 rings (SSSR count). The molecule has 0 spiro atoms. The van der Waals surface area contributed by atoms with Gasteiger partial charge in [-0.15, -0.1) is 12.4 Å². The molecular weight excluding hydrogens is 342 g/mol. The summed E-state index contributed by atoms with van der Waals surface area (Å²) in [7, 11) is 0. The molecule has 2 atom stereocenters. The molecule has 2 unspecified atom stereocenters. The van der Waals surface area contributed by atoms with Crippen molar-refractivity contribution in [3.05, 3.63) is 65.4 Å². The Balaban J connectivity index is 0.00000168. The number of fused-ring (bicyclic) bond motifs is 2. The fourth-order valence-electron chi connectivity index (χ4n) is 4.83. The first kappa shape index (κ1) is 17.4. The molecule has 2 aromatic carbocycles. The number of anilines is 1. The third-order valence-corrected chi connectivity index (χ3v) is 6.10. The SMILES string of the molecule is Cc1c(C2C(C)c3ccccc3N2N2CCCC2)[nH]c2ccccc12.Cl. The van der Waals surface area contributed by atoms with Crippen LogP contribution in [0.3, 0.4) is 0 Å². The van der Waals surface area contributed by atoms with E-state index in [1.165, 1.54) is 46.3 Å². The number of para-hydroxylation sites is 2. The molecule has 2 aliphatic rings. The lowest BCUT2D eigenvalue weighted by molar-refractivity contribution is 0.271. The highest BCUT2D eigenvalue weighted by atomic mass is 35.5. The van der Waals surface area contributed by atoms with Gasteiger partial charge in [-0.2, -0.15) is 0 Å². The molecule has 0 amide bonds. The summed E-state index contributed by atoms with van der Waals surface area (Å²) in [5, 5.41) is 6.50. The standard InChI is InChI=1S/C22H25N3.ClH/c1-15-17-9-3-5-11-19(17)23-21(15)22-16(2)18-10-4-6-12-20(18)25(22)24-13-7-8-14-24;/h3-6,9-12,16,22-23H,7-8,13-14H2,1-2H3;1H. The number of aryl methyl sites for hydroxylation is 1. The fourth-order valence-corrected chi connectivity index (χ4v) is 4.83. The van der Waals surface area contributed by atoms with Gasteiger partial charge in [-0.05, 0) is 43.0 Å². The molecular formula is C22H26ClN3. The average molecular weight is 368 g/mol. The van der Waals surface area contributed by atoms with Gasteiger partial charge in [0.05, 0.1) is 11.7 Å². The summed E-state index contributed by atoms with van der Waals surface area (Å²) in [6.45, 7) is 6.98. The minimum absolute atomic E-state index is 0. The van der Waals surface area contributed by atoms with Crippen molar-refractivity contribution in [2.75, 3.05) is 18.1 Å². The van der Waals surface area contributed by atoms with Crippen LogP contribution in [0.1, 0.15) is 48.5 Å². The van der Waals surface area contributed by atoms with Crippen molar-refractivity contribution in [2.45, 2.75) is 38.6 Å². The molecule has 1 aromatic heterocycles. The molecule has 3 nitrogen and oxygen atoms in total. The molecule has 3 aromatic rings. The Bertz CT molecular complexity index is 926. The first-order valence-electron chi connectivity index (χ1n) is 9.46. The largest absolute Gasteiger partial charge is 0.356 e. The maximum Gasteiger partial charge on any atom is 0.0925 e. The van der Waals surface area contributed by atoms with Crippen molar-refractivity contribution in [3.8, 4) is 0 Å². The predicted molar refractivity (Wildman–Crippen MR) is 111 cm³/mol. The smallest absolute Gasteiger partial charge is 0.0925 e. The topological polar surface area (TPSA) is 22.3 Å². The number of aromatic nitrogens is 1. The lowest BCUT2D eigenvalue weighted by atomic mass is 9.93. The lowest BCUT2D eigenvalue weighted by Crippen LogP contribution is -2.42. The van der Waals surface area contributed by atoms with E-state index in [1.807, 2.05) is 0 Å². The van der Waals surface area contributed by atoms with Crippen LogP contribution in [0, 0.1) is 6.92 Å². The molecule has 0 bridgehead atoms. The number of benzene rings is 2. The van der Waals surface area contributed by atoms with Crippen LogP contribution in [0.2, 0.25) is 0 Å². The number of hydrogen-bond donors (Lipinski definition) is 1. The lowest BCUT2D eigenvalue weighted by Gasteiger charge is -2.37. The van der Waals surface area contributed by atoms with Crippen molar-refractivity contribution in [2.24, 2.45) is 0 Å². The van der Waals surface area contributed by atoms with Crippen LogP contribution in [0.4, 0.5) is 5.69 Å². The Labute approximate surface area is 161 Å².